The lowest BCUT2D eigenvalue weighted by atomic mass is 9.89. The molecule has 1 N–H and O–H groups in total. The van der Waals surface area contributed by atoms with Crippen molar-refractivity contribution in [2.24, 2.45) is 5.92 Å². The second-order valence-corrected chi connectivity index (χ2v) is 7.57. The largest absolute Gasteiger partial charge is 0.458 e. The number of nitrogens with zero attached hydrogens (tertiary/aromatic N) is 1. The molecule has 1 aliphatic carbocycles. The lowest BCUT2D eigenvalue weighted by Crippen LogP contribution is -2.47. The number of carbonyl (C=O) groups excluding carboxylic acids is 4. The number of furan rings is 1. The van der Waals surface area contributed by atoms with Crippen molar-refractivity contribution in [3.05, 3.63) is 53.5 Å². The predicted molar refractivity (Wildman–Crippen MR) is 105 cm³/mol. The number of amides is 4. The number of anilines is 1. The number of carbonyl (C=O) groups is 4. The Morgan fingerprint density at radius 1 is 1.03 bits per heavy atom. The number of para-hydroxylation sites is 1. The Morgan fingerprint density at radius 2 is 1.76 bits per heavy atom. The van der Waals surface area contributed by atoms with Gasteiger partial charge in [0.05, 0.1) is 5.69 Å². The van der Waals surface area contributed by atoms with Crippen molar-refractivity contribution >= 4 is 29.3 Å². The fourth-order valence-corrected chi connectivity index (χ4v) is 4.12. The van der Waals surface area contributed by atoms with Crippen molar-refractivity contribution in [3.63, 3.8) is 0 Å². The van der Waals surface area contributed by atoms with E-state index in [4.69, 9.17) is 4.42 Å². The summed E-state index contributed by atoms with van der Waals surface area (Å²) >= 11 is 0. The van der Waals surface area contributed by atoms with Crippen LogP contribution in [0, 0.1) is 12.8 Å². The Hall–Kier alpha value is -3.22. The summed E-state index contributed by atoms with van der Waals surface area (Å²) < 4.78 is 5.39. The first-order chi connectivity index (χ1) is 14.0. The molecule has 0 spiro atoms. The van der Waals surface area contributed by atoms with Gasteiger partial charge in [-0.05, 0) is 43.5 Å². The van der Waals surface area contributed by atoms with Crippen LogP contribution >= 0.6 is 0 Å². The van der Waals surface area contributed by atoms with Gasteiger partial charge in [0.15, 0.2) is 5.76 Å². The molecular formula is C22H22N2O5. The van der Waals surface area contributed by atoms with E-state index in [9.17, 15) is 19.2 Å². The Balaban J connectivity index is 1.59. The molecule has 1 unspecified atom stereocenters. The molecule has 4 amide bonds. The van der Waals surface area contributed by atoms with Gasteiger partial charge < -0.3 is 4.42 Å². The van der Waals surface area contributed by atoms with Gasteiger partial charge in [-0.25, -0.2) is 9.69 Å². The average Bonchev–Trinajstić information content (AvgIpc) is 3.28. The number of Topliss-reactive ketones (excluding diaryl/α,β-unsaturated/α-hetero) is 1. The van der Waals surface area contributed by atoms with E-state index in [0.717, 1.165) is 37.0 Å². The molecule has 7 nitrogen and oxygen atoms in total. The van der Waals surface area contributed by atoms with Crippen molar-refractivity contribution in [1.29, 1.82) is 0 Å². The van der Waals surface area contributed by atoms with Crippen LogP contribution in [0.4, 0.5) is 10.5 Å². The molecule has 0 radical (unpaired) electrons. The summed E-state index contributed by atoms with van der Waals surface area (Å²) in [5, 5.41) is 2.36. The minimum atomic E-state index is -1.17. The van der Waals surface area contributed by atoms with Crippen LogP contribution in [0.3, 0.4) is 0 Å². The van der Waals surface area contributed by atoms with Gasteiger partial charge in [0.2, 0.25) is 11.7 Å². The van der Waals surface area contributed by atoms with E-state index in [1.807, 2.05) is 0 Å². The van der Waals surface area contributed by atoms with Crippen LogP contribution in [0.15, 0.2) is 40.8 Å². The summed E-state index contributed by atoms with van der Waals surface area (Å²) in [6, 6.07) is 8.96. The predicted octanol–water partition coefficient (Wildman–Crippen LogP) is 3.72. The van der Waals surface area contributed by atoms with Crippen LogP contribution in [0.1, 0.15) is 59.9 Å². The molecule has 1 atom stereocenters. The molecule has 1 fully saturated rings. The highest BCUT2D eigenvalue weighted by Crippen LogP contribution is 2.39. The first kappa shape index (κ1) is 19.1. The Morgan fingerprint density at radius 3 is 2.45 bits per heavy atom. The lowest BCUT2D eigenvalue weighted by Gasteiger charge is -2.22. The third-order valence-corrected chi connectivity index (χ3v) is 5.61. The maximum atomic E-state index is 13.1. The van der Waals surface area contributed by atoms with Crippen molar-refractivity contribution in [2.75, 3.05) is 4.90 Å². The fraction of sp³-hybridized carbons (Fsp3) is 0.364. The van der Waals surface area contributed by atoms with Gasteiger partial charge in [0.25, 0.3) is 5.91 Å². The van der Waals surface area contributed by atoms with E-state index in [-0.39, 0.29) is 17.6 Å². The van der Waals surface area contributed by atoms with E-state index >= 15 is 0 Å². The van der Waals surface area contributed by atoms with Crippen LogP contribution in [0.25, 0.3) is 0 Å². The number of hydrogen-bond acceptors (Lipinski definition) is 5. The van der Waals surface area contributed by atoms with Crippen LogP contribution < -0.4 is 10.2 Å². The van der Waals surface area contributed by atoms with E-state index in [0.29, 0.717) is 17.0 Å². The molecule has 4 rings (SSSR count). The number of urea groups is 1. The standard InChI is InChI=1S/C22H22N2O5/c1-13-11-12-17(29-13)19(25)18-15-9-5-6-10-16(15)24(21(18)27)22(28)23-20(26)14-7-3-2-4-8-14/h5-6,9-12,14,18H,2-4,7-8H2,1H3,(H,23,26,28). The first-order valence-corrected chi connectivity index (χ1v) is 9.85. The summed E-state index contributed by atoms with van der Waals surface area (Å²) in [5.41, 5.74) is 0.741. The quantitative estimate of drug-likeness (QED) is 0.632. The highest BCUT2D eigenvalue weighted by molar-refractivity contribution is 6.30. The number of imide groups is 2. The van der Waals surface area contributed by atoms with Crippen LogP contribution in [0.2, 0.25) is 0 Å². The molecule has 2 aliphatic rings. The highest BCUT2D eigenvalue weighted by atomic mass is 16.3. The SMILES string of the molecule is Cc1ccc(C(=O)C2C(=O)N(C(=O)NC(=O)C3CCCCC3)c3ccccc32)o1. The average molecular weight is 394 g/mol. The van der Waals surface area contributed by atoms with E-state index < -0.39 is 23.6 Å². The number of fused-ring (bicyclic) bond motifs is 1. The maximum absolute atomic E-state index is 13.1. The van der Waals surface area contributed by atoms with Gasteiger partial charge in [-0.2, -0.15) is 0 Å². The number of nitrogens with one attached hydrogen (secondary N) is 1. The maximum Gasteiger partial charge on any atom is 0.335 e. The normalized spacial score (nSPS) is 19.1. The molecular weight excluding hydrogens is 372 g/mol. The zero-order chi connectivity index (χ0) is 20.5. The van der Waals surface area contributed by atoms with Crippen molar-refractivity contribution in [1.82, 2.24) is 5.32 Å². The number of rotatable bonds is 3. The summed E-state index contributed by atoms with van der Waals surface area (Å²) in [6.45, 7) is 1.71. The third-order valence-electron chi connectivity index (χ3n) is 5.61. The minimum absolute atomic E-state index is 0.0659. The van der Waals surface area contributed by atoms with Gasteiger partial charge in [-0.15, -0.1) is 0 Å². The topological polar surface area (TPSA) is 96.7 Å². The molecule has 1 aliphatic heterocycles. The third kappa shape index (κ3) is 3.48. The highest BCUT2D eigenvalue weighted by Gasteiger charge is 2.46. The zero-order valence-electron chi connectivity index (χ0n) is 16.1. The molecule has 2 aromatic rings. The lowest BCUT2D eigenvalue weighted by molar-refractivity contribution is -0.124. The smallest absolute Gasteiger partial charge is 0.335 e. The Labute approximate surface area is 168 Å². The summed E-state index contributed by atoms with van der Waals surface area (Å²) in [7, 11) is 0. The van der Waals surface area contributed by atoms with Gasteiger partial charge in [0, 0.05) is 5.92 Å². The van der Waals surface area contributed by atoms with E-state index in [1.165, 1.54) is 6.07 Å². The van der Waals surface area contributed by atoms with E-state index in [2.05, 4.69) is 5.32 Å². The van der Waals surface area contributed by atoms with Crippen LogP contribution in [0.5, 0.6) is 0 Å². The number of aryl methyl sites for hydroxylation is 1. The van der Waals surface area contributed by atoms with Crippen molar-refractivity contribution < 1.29 is 23.6 Å². The van der Waals surface area contributed by atoms with Gasteiger partial charge in [-0.1, -0.05) is 37.5 Å². The Kier molecular flexibility index (Phi) is 5.05. The molecule has 7 heteroatoms. The van der Waals surface area contributed by atoms with E-state index in [1.54, 1.807) is 37.3 Å². The minimum Gasteiger partial charge on any atom is -0.458 e. The molecule has 1 saturated carbocycles. The van der Waals surface area contributed by atoms with Gasteiger partial charge in [-0.3, -0.25) is 19.7 Å². The van der Waals surface area contributed by atoms with Gasteiger partial charge >= 0.3 is 6.03 Å². The molecule has 0 bridgehead atoms. The van der Waals surface area contributed by atoms with Crippen molar-refractivity contribution in [2.45, 2.75) is 44.9 Å². The second-order valence-electron chi connectivity index (χ2n) is 7.57. The molecule has 2 heterocycles. The molecule has 1 aromatic heterocycles. The zero-order valence-corrected chi connectivity index (χ0v) is 16.1. The fourth-order valence-electron chi connectivity index (χ4n) is 4.12. The van der Waals surface area contributed by atoms with Crippen molar-refractivity contribution in [3.8, 4) is 0 Å². The molecule has 1 aromatic carbocycles. The monoisotopic (exact) mass is 394 g/mol. The molecule has 0 saturated heterocycles. The summed E-state index contributed by atoms with van der Waals surface area (Å²) in [4.78, 5) is 52.2. The number of hydrogen-bond donors (Lipinski definition) is 1. The Bertz CT molecular complexity index is 987. The second kappa shape index (κ2) is 7.66. The molecule has 150 valence electrons. The van der Waals surface area contributed by atoms with Crippen LogP contribution in [-0.4, -0.2) is 23.6 Å². The number of benzene rings is 1. The van der Waals surface area contributed by atoms with Gasteiger partial charge in [0.1, 0.15) is 11.7 Å². The summed E-state index contributed by atoms with van der Waals surface area (Å²) in [5.74, 6) is -2.33. The summed E-state index contributed by atoms with van der Waals surface area (Å²) in [6.07, 6.45) is 4.48. The number of ketones is 1. The van der Waals surface area contributed by atoms with Crippen LogP contribution in [-0.2, 0) is 9.59 Å². The first-order valence-electron chi connectivity index (χ1n) is 9.85. The molecule has 29 heavy (non-hydrogen) atoms.